The number of hydrogen-bond acceptors (Lipinski definition) is 7. The SMILES string of the molecule is Cc1ccccc1N1CCN(c2nc(CN3CCOCC3)nc3sc4c(c23)CC[C@H](C)C4)CC1. The number of aryl methyl sites for hydroxylation is 2. The fourth-order valence-corrected chi connectivity index (χ4v) is 7.10. The van der Waals surface area contributed by atoms with Crippen LogP contribution in [0.4, 0.5) is 11.5 Å². The average molecular weight is 478 g/mol. The lowest BCUT2D eigenvalue weighted by molar-refractivity contribution is 0.0331. The topological polar surface area (TPSA) is 44.7 Å². The minimum absolute atomic E-state index is 0.766. The van der Waals surface area contributed by atoms with Crippen LogP contribution in [0.15, 0.2) is 24.3 Å². The molecule has 34 heavy (non-hydrogen) atoms. The third-order valence-corrected chi connectivity index (χ3v) is 8.83. The zero-order chi connectivity index (χ0) is 23.1. The average Bonchev–Trinajstić information content (AvgIpc) is 3.22. The summed E-state index contributed by atoms with van der Waals surface area (Å²) in [5, 5.41) is 1.35. The molecule has 7 heteroatoms. The van der Waals surface area contributed by atoms with E-state index in [-0.39, 0.29) is 0 Å². The summed E-state index contributed by atoms with van der Waals surface area (Å²) in [5.74, 6) is 2.92. The van der Waals surface area contributed by atoms with Crippen LogP contribution in [0.3, 0.4) is 0 Å². The summed E-state index contributed by atoms with van der Waals surface area (Å²) in [6.07, 6.45) is 3.63. The van der Waals surface area contributed by atoms with Crippen molar-refractivity contribution in [3.63, 3.8) is 0 Å². The number of fused-ring (bicyclic) bond motifs is 3. The van der Waals surface area contributed by atoms with E-state index in [0.29, 0.717) is 0 Å². The predicted octanol–water partition coefficient (Wildman–Crippen LogP) is 4.28. The summed E-state index contributed by atoms with van der Waals surface area (Å²) in [6.45, 7) is 13.0. The first-order valence-electron chi connectivity index (χ1n) is 12.8. The highest BCUT2D eigenvalue weighted by Gasteiger charge is 2.28. The monoisotopic (exact) mass is 477 g/mol. The Kier molecular flexibility index (Phi) is 6.18. The number of aromatic nitrogens is 2. The van der Waals surface area contributed by atoms with Gasteiger partial charge in [-0.15, -0.1) is 11.3 Å². The van der Waals surface area contributed by atoms with Gasteiger partial charge in [-0.2, -0.15) is 0 Å². The normalized spacial score (nSPS) is 21.8. The lowest BCUT2D eigenvalue weighted by Gasteiger charge is -2.38. The first-order valence-corrected chi connectivity index (χ1v) is 13.6. The molecule has 0 spiro atoms. The van der Waals surface area contributed by atoms with Gasteiger partial charge in [0.15, 0.2) is 0 Å². The lowest BCUT2D eigenvalue weighted by atomic mass is 9.89. The summed E-state index contributed by atoms with van der Waals surface area (Å²) < 4.78 is 5.55. The molecule has 3 aliphatic rings. The van der Waals surface area contributed by atoms with Gasteiger partial charge in [0, 0.05) is 49.8 Å². The molecule has 0 N–H and O–H groups in total. The number of nitrogens with zero attached hydrogens (tertiary/aromatic N) is 5. The molecule has 2 aliphatic heterocycles. The Hall–Kier alpha value is -2.22. The molecule has 0 amide bonds. The molecule has 0 radical (unpaired) electrons. The Morgan fingerprint density at radius 2 is 1.76 bits per heavy atom. The number of rotatable bonds is 4. The van der Waals surface area contributed by atoms with Crippen molar-refractivity contribution in [2.24, 2.45) is 5.92 Å². The molecule has 1 aliphatic carbocycles. The molecule has 4 heterocycles. The molecular weight excluding hydrogens is 442 g/mol. The number of ether oxygens (including phenoxy) is 1. The predicted molar refractivity (Wildman–Crippen MR) is 140 cm³/mol. The third-order valence-electron chi connectivity index (χ3n) is 7.69. The van der Waals surface area contributed by atoms with Gasteiger partial charge in [0.1, 0.15) is 16.5 Å². The van der Waals surface area contributed by atoms with Crippen molar-refractivity contribution in [1.29, 1.82) is 0 Å². The van der Waals surface area contributed by atoms with Gasteiger partial charge in [0.25, 0.3) is 0 Å². The van der Waals surface area contributed by atoms with Crippen LogP contribution < -0.4 is 9.80 Å². The minimum Gasteiger partial charge on any atom is -0.379 e. The summed E-state index contributed by atoms with van der Waals surface area (Å²) >= 11 is 1.93. The first-order chi connectivity index (χ1) is 16.7. The molecule has 180 valence electrons. The zero-order valence-electron chi connectivity index (χ0n) is 20.4. The Bertz CT molecular complexity index is 1160. The van der Waals surface area contributed by atoms with Gasteiger partial charge in [-0.05, 0) is 49.3 Å². The van der Waals surface area contributed by atoms with Crippen molar-refractivity contribution in [1.82, 2.24) is 14.9 Å². The van der Waals surface area contributed by atoms with Crippen LogP contribution >= 0.6 is 11.3 Å². The molecule has 0 saturated carbocycles. The molecule has 0 bridgehead atoms. The van der Waals surface area contributed by atoms with Gasteiger partial charge in [-0.25, -0.2) is 9.97 Å². The van der Waals surface area contributed by atoms with Crippen molar-refractivity contribution >= 4 is 33.1 Å². The number of hydrogen-bond donors (Lipinski definition) is 0. The Morgan fingerprint density at radius 1 is 1.00 bits per heavy atom. The highest BCUT2D eigenvalue weighted by Crippen LogP contribution is 2.41. The summed E-state index contributed by atoms with van der Waals surface area (Å²) in [6, 6.07) is 8.75. The van der Waals surface area contributed by atoms with E-state index in [1.54, 1.807) is 4.88 Å². The minimum atomic E-state index is 0.766. The molecule has 6 nitrogen and oxygen atoms in total. The van der Waals surface area contributed by atoms with Crippen molar-refractivity contribution in [2.75, 3.05) is 62.3 Å². The van der Waals surface area contributed by atoms with E-state index >= 15 is 0 Å². The first kappa shape index (κ1) is 22.3. The second-order valence-corrected chi connectivity index (χ2v) is 11.2. The van der Waals surface area contributed by atoms with E-state index < -0.39 is 0 Å². The summed E-state index contributed by atoms with van der Waals surface area (Å²) in [7, 11) is 0. The molecule has 3 aromatic rings. The maximum atomic E-state index is 5.55. The smallest absolute Gasteiger partial charge is 0.146 e. The molecule has 2 aromatic heterocycles. The van der Waals surface area contributed by atoms with E-state index in [0.717, 1.165) is 70.8 Å². The Morgan fingerprint density at radius 3 is 2.56 bits per heavy atom. The second kappa shape index (κ2) is 9.44. The van der Waals surface area contributed by atoms with Gasteiger partial charge in [0.2, 0.25) is 0 Å². The Labute approximate surface area is 206 Å². The van der Waals surface area contributed by atoms with Crippen molar-refractivity contribution in [2.45, 2.75) is 39.7 Å². The molecule has 1 atom stereocenters. The number of benzene rings is 1. The van der Waals surface area contributed by atoms with E-state index in [1.807, 2.05) is 11.3 Å². The van der Waals surface area contributed by atoms with E-state index in [4.69, 9.17) is 14.7 Å². The zero-order valence-corrected chi connectivity index (χ0v) is 21.2. The standard InChI is InChI=1S/C27H35N5OS/c1-19-7-8-21-23(17-19)34-27-25(21)26(28-24(29-27)18-30-13-15-33-16-14-30)32-11-9-31(10-12-32)22-6-4-3-5-20(22)2/h3-6,19H,7-18H2,1-2H3/t19-/m0/s1. The number of morpholine rings is 1. The highest BCUT2D eigenvalue weighted by molar-refractivity contribution is 7.19. The van der Waals surface area contributed by atoms with Gasteiger partial charge in [0.05, 0.1) is 25.1 Å². The van der Waals surface area contributed by atoms with Crippen molar-refractivity contribution < 1.29 is 4.74 Å². The maximum Gasteiger partial charge on any atom is 0.146 e. The fraction of sp³-hybridized carbons (Fsp3) is 0.556. The number of anilines is 2. The molecule has 2 fully saturated rings. The van der Waals surface area contributed by atoms with E-state index in [9.17, 15) is 0 Å². The van der Waals surface area contributed by atoms with Crippen LogP contribution in [0, 0.1) is 12.8 Å². The number of thiophene rings is 1. The fourth-order valence-electron chi connectivity index (χ4n) is 5.70. The van der Waals surface area contributed by atoms with Crippen LogP contribution in [-0.2, 0) is 24.1 Å². The molecule has 1 aromatic carbocycles. The molecule has 2 saturated heterocycles. The molecule has 0 unspecified atom stereocenters. The maximum absolute atomic E-state index is 5.55. The van der Waals surface area contributed by atoms with Crippen molar-refractivity contribution in [3.05, 3.63) is 46.1 Å². The van der Waals surface area contributed by atoms with Gasteiger partial charge in [-0.1, -0.05) is 25.1 Å². The van der Waals surface area contributed by atoms with Gasteiger partial charge < -0.3 is 14.5 Å². The Balaban J connectivity index is 1.32. The highest BCUT2D eigenvalue weighted by atomic mass is 32.1. The van der Waals surface area contributed by atoms with Gasteiger partial charge in [-0.3, -0.25) is 4.90 Å². The van der Waals surface area contributed by atoms with Crippen LogP contribution in [0.2, 0.25) is 0 Å². The summed E-state index contributed by atoms with van der Waals surface area (Å²) in [5.41, 5.74) is 4.26. The largest absolute Gasteiger partial charge is 0.379 e. The van der Waals surface area contributed by atoms with E-state index in [2.05, 4.69) is 52.8 Å². The van der Waals surface area contributed by atoms with Crippen LogP contribution in [0.1, 0.15) is 35.2 Å². The van der Waals surface area contributed by atoms with Crippen LogP contribution in [0.5, 0.6) is 0 Å². The van der Waals surface area contributed by atoms with E-state index in [1.165, 1.54) is 52.1 Å². The number of piperazine rings is 1. The number of para-hydroxylation sites is 1. The van der Waals surface area contributed by atoms with Crippen LogP contribution in [0.25, 0.3) is 10.2 Å². The summed E-state index contributed by atoms with van der Waals surface area (Å²) in [4.78, 5) is 20.6. The molecule has 6 rings (SSSR count). The molecular formula is C27H35N5OS. The second-order valence-electron chi connectivity index (χ2n) is 10.1. The lowest BCUT2D eigenvalue weighted by Crippen LogP contribution is -2.47. The third kappa shape index (κ3) is 4.30. The quantitative estimate of drug-likeness (QED) is 0.559. The van der Waals surface area contributed by atoms with Gasteiger partial charge >= 0.3 is 0 Å². The van der Waals surface area contributed by atoms with Crippen LogP contribution in [-0.4, -0.2) is 67.4 Å². The van der Waals surface area contributed by atoms with Crippen molar-refractivity contribution in [3.8, 4) is 0 Å².